The Bertz CT molecular complexity index is 2630. The summed E-state index contributed by atoms with van der Waals surface area (Å²) in [5.74, 6) is 8.79. The first-order valence-electron chi connectivity index (χ1n) is 18.6. The third-order valence-electron chi connectivity index (χ3n) is 9.75. The van der Waals surface area contributed by atoms with Crippen LogP contribution in [0.2, 0.25) is 17.3 Å². The molecule has 0 saturated carbocycles. The Morgan fingerprint density at radius 3 is 2.20 bits per heavy atom. The normalized spacial score (nSPS) is 11.7. The maximum atomic E-state index is 8.89. The van der Waals surface area contributed by atoms with E-state index >= 15 is 0 Å². The Balaban J connectivity index is 0.000000198. The quantitative estimate of drug-likeness (QED) is 0.123. The van der Waals surface area contributed by atoms with Crippen molar-refractivity contribution in [1.29, 1.82) is 5.26 Å². The van der Waals surface area contributed by atoms with E-state index < -0.39 is 13.3 Å². The molecule has 4 nitrogen and oxygen atoms in total. The molecule has 0 aliphatic carbocycles. The predicted molar refractivity (Wildman–Crippen MR) is 232 cm³/mol. The largest absolute Gasteiger partial charge is 0 e. The van der Waals surface area contributed by atoms with E-state index in [9.17, 15) is 0 Å². The number of aromatic nitrogens is 3. The summed E-state index contributed by atoms with van der Waals surface area (Å²) in [6, 6.07) is 46.7. The van der Waals surface area contributed by atoms with Crippen molar-refractivity contribution < 1.29 is 20.1 Å². The molecule has 0 aliphatic rings. The second kappa shape index (κ2) is 16.4. The number of nitriles is 1. The van der Waals surface area contributed by atoms with Crippen LogP contribution in [0.25, 0.3) is 59.5 Å². The Hall–Kier alpha value is -4.38. The van der Waals surface area contributed by atoms with Gasteiger partial charge in [0.05, 0.1) is 16.9 Å². The van der Waals surface area contributed by atoms with Gasteiger partial charge in [0.15, 0.2) is 0 Å². The number of nitrogens with zero attached hydrogens (tertiary/aromatic N) is 4. The molecule has 0 N–H and O–H groups in total. The van der Waals surface area contributed by atoms with E-state index in [-0.39, 0.29) is 25.5 Å². The summed E-state index contributed by atoms with van der Waals surface area (Å²) in [5.41, 5.74) is 9.66. The number of imidazole rings is 1. The summed E-state index contributed by atoms with van der Waals surface area (Å²) in [6.45, 7) is 11.3. The molecule has 0 saturated heterocycles. The summed E-state index contributed by atoms with van der Waals surface area (Å²) in [7, 11) is 0. The summed E-state index contributed by atoms with van der Waals surface area (Å²) in [6.07, 6.45) is 3.17. The molecular weight excluding hydrogens is 929 g/mol. The van der Waals surface area contributed by atoms with Gasteiger partial charge in [0.1, 0.15) is 0 Å². The first kappa shape index (κ1) is 40.3. The van der Waals surface area contributed by atoms with Gasteiger partial charge in [0.25, 0.3) is 0 Å². The average molecular weight is 976 g/mol. The van der Waals surface area contributed by atoms with Crippen LogP contribution >= 0.6 is 11.3 Å². The molecule has 3 heterocycles. The molecule has 0 spiro atoms. The van der Waals surface area contributed by atoms with E-state index in [1.807, 2.05) is 29.5 Å². The van der Waals surface area contributed by atoms with Gasteiger partial charge >= 0.3 is 136 Å². The Morgan fingerprint density at radius 2 is 1.53 bits per heavy atom. The fourth-order valence-corrected chi connectivity index (χ4v) is 11.4. The molecule has 0 unspecified atom stereocenters. The van der Waals surface area contributed by atoms with Crippen LogP contribution in [0, 0.1) is 29.4 Å². The summed E-state index contributed by atoms with van der Waals surface area (Å²) >= 11 is -0.0927. The Morgan fingerprint density at radius 1 is 0.818 bits per heavy atom. The molecule has 55 heavy (non-hydrogen) atoms. The smallest absolute Gasteiger partial charge is 0 e. The number of benzene rings is 5. The van der Waals surface area contributed by atoms with Crippen molar-refractivity contribution >= 4 is 60.2 Å². The van der Waals surface area contributed by atoms with Gasteiger partial charge in [-0.1, -0.05) is 68.6 Å². The van der Waals surface area contributed by atoms with Crippen molar-refractivity contribution in [2.45, 2.75) is 63.7 Å². The van der Waals surface area contributed by atoms with Crippen LogP contribution in [-0.4, -0.2) is 27.8 Å². The number of fused-ring (bicyclic) bond motifs is 4. The number of pyridine rings is 1. The minimum absolute atomic E-state index is 0. The Kier molecular flexibility index (Phi) is 12.0. The van der Waals surface area contributed by atoms with Crippen molar-refractivity contribution in [3.05, 3.63) is 144 Å². The van der Waals surface area contributed by atoms with Gasteiger partial charge in [-0.2, -0.15) is 11.3 Å². The summed E-state index contributed by atoms with van der Waals surface area (Å²) < 4.78 is 6.32. The van der Waals surface area contributed by atoms with Crippen LogP contribution in [0.4, 0.5) is 0 Å². The zero-order chi connectivity index (χ0) is 38.2. The van der Waals surface area contributed by atoms with E-state index in [4.69, 9.17) is 10.2 Å². The van der Waals surface area contributed by atoms with Gasteiger partial charge < -0.3 is 4.57 Å². The summed E-state index contributed by atoms with van der Waals surface area (Å²) in [4.78, 5) is 9.70. The molecule has 7 heteroatoms. The van der Waals surface area contributed by atoms with Crippen LogP contribution in [-0.2, 0) is 31.9 Å². The first-order valence-corrected chi connectivity index (χ1v) is 26.8. The third kappa shape index (κ3) is 8.72. The fraction of sp³-hybridized carbons (Fsp3) is 0.229. The maximum absolute atomic E-state index is 8.89. The van der Waals surface area contributed by atoms with E-state index in [2.05, 4.69) is 171 Å². The molecule has 8 aromatic rings. The minimum Gasteiger partial charge on any atom is 0 e. The number of thiophene rings is 1. The van der Waals surface area contributed by atoms with Gasteiger partial charge in [-0.25, -0.2) is 0 Å². The zero-order valence-electron chi connectivity index (χ0n) is 32.8. The van der Waals surface area contributed by atoms with E-state index in [0.717, 1.165) is 45.8 Å². The number of para-hydroxylation sites is 2. The molecule has 0 atom stereocenters. The van der Waals surface area contributed by atoms with Crippen molar-refractivity contribution in [3.8, 4) is 34.4 Å². The number of rotatable bonds is 6. The average Bonchev–Trinajstić information content (AvgIpc) is 3.73. The first-order chi connectivity index (χ1) is 25.8. The molecule has 0 fully saturated rings. The molecule has 0 aliphatic heterocycles. The van der Waals surface area contributed by atoms with Gasteiger partial charge in [0.2, 0.25) is 0 Å². The second-order valence-electron chi connectivity index (χ2n) is 16.5. The van der Waals surface area contributed by atoms with Crippen LogP contribution in [0.5, 0.6) is 0 Å². The van der Waals surface area contributed by atoms with E-state index in [1.54, 1.807) is 6.07 Å². The number of hydrogen-bond acceptors (Lipinski definition) is 4. The Labute approximate surface area is 346 Å². The van der Waals surface area contributed by atoms with Gasteiger partial charge in [0, 0.05) is 30.5 Å². The molecular formula is C48H46GeIrN4S-2. The van der Waals surface area contributed by atoms with E-state index in [0.29, 0.717) is 11.5 Å². The predicted octanol–water partition coefficient (Wildman–Crippen LogP) is 12.3. The molecule has 279 valence electrons. The topological polar surface area (TPSA) is 54.5 Å². The van der Waals surface area contributed by atoms with Gasteiger partial charge in [-0.3, -0.25) is 4.98 Å². The zero-order valence-corrected chi connectivity index (χ0v) is 38.1. The van der Waals surface area contributed by atoms with Crippen molar-refractivity contribution in [2.75, 3.05) is 0 Å². The second-order valence-corrected chi connectivity index (χ2v) is 28.1. The van der Waals surface area contributed by atoms with Gasteiger partial charge in [-0.05, 0) is 51.4 Å². The number of hydrogen-bond donors (Lipinski definition) is 0. The van der Waals surface area contributed by atoms with Crippen LogP contribution in [0.15, 0.2) is 115 Å². The standard InChI is InChI=1S/C29H23N2S.C19H23GeN2.Ir/c1-29(2,3)20-13-15-21(16-14-20)31-25-10-6-5-9-24(25)30-28(31)19-12-17-23-22-8-4-7-11-26(22)32-27(23)18-19;1-14(2)10-17-11-19(22-13-18(17)20(3,4)5)16-8-6-15(12-21)7-9-16;/h4-11,13-18H,1-3H3;6-8,11,13-14H,10H2,1-5H3;/q2*-1;. The van der Waals surface area contributed by atoms with Crippen molar-refractivity contribution in [1.82, 2.24) is 14.5 Å². The minimum atomic E-state index is -1.92. The van der Waals surface area contributed by atoms with Crippen molar-refractivity contribution in [3.63, 3.8) is 0 Å². The van der Waals surface area contributed by atoms with Crippen LogP contribution < -0.4 is 4.40 Å². The summed E-state index contributed by atoms with van der Waals surface area (Å²) in [5, 5.41) is 11.4. The van der Waals surface area contributed by atoms with Crippen LogP contribution in [0.3, 0.4) is 0 Å². The SMILES string of the molecule is CC(C)(C)c1ccc(-n2c(-c3[c-]cc4c(c3)sc3ccccc34)nc3ccccc32)cc1.CC(C)Cc1cc(-c2[c-]cc(C#N)cc2)nc[c]1[Ge]([CH3])([CH3])[CH3].[Ir]. The molecule has 5 aromatic carbocycles. The molecule has 0 amide bonds. The maximum Gasteiger partial charge on any atom is 0 e. The molecule has 0 bridgehead atoms. The monoisotopic (exact) mass is 977 g/mol. The fourth-order valence-electron chi connectivity index (χ4n) is 6.95. The molecule has 8 rings (SSSR count). The van der Waals surface area contributed by atoms with Crippen molar-refractivity contribution in [2.24, 2.45) is 5.92 Å². The third-order valence-corrected chi connectivity index (χ3v) is 15.2. The molecule has 3 aromatic heterocycles. The van der Waals surface area contributed by atoms with Crippen LogP contribution in [0.1, 0.15) is 51.3 Å². The van der Waals surface area contributed by atoms with Gasteiger partial charge in [-0.15, -0.1) is 23.8 Å². The van der Waals surface area contributed by atoms with E-state index in [1.165, 1.54) is 35.7 Å². The molecule has 1 radical (unpaired) electrons.